The Morgan fingerprint density at radius 3 is 0.887 bits per heavy atom. The van der Waals surface area contributed by atoms with Gasteiger partial charge >= 0.3 is 0 Å². The molecule has 3 aromatic carbocycles. The second-order valence-corrected chi connectivity index (χ2v) is 21.1. The number of nitrogens with zero attached hydrogens (tertiary/aromatic N) is 3. The summed E-state index contributed by atoms with van der Waals surface area (Å²) in [4.78, 5) is 99.7. The number of allylic oxidation sites excluding steroid dienone is 4. The van der Waals surface area contributed by atoms with Gasteiger partial charge < -0.3 is 36.0 Å². The Hall–Kier alpha value is -6.58. The molecule has 19 heteroatoms. The van der Waals surface area contributed by atoms with E-state index in [-0.39, 0.29) is 149 Å². The van der Waals surface area contributed by atoms with E-state index in [4.69, 9.17) is 30.6 Å². The topological polar surface area (TPSA) is 292 Å². The Balaban J connectivity index is 0.000000165. The van der Waals surface area contributed by atoms with Crippen LogP contribution < -0.4 is 10.6 Å². The third-order valence-corrected chi connectivity index (χ3v) is 16.0. The van der Waals surface area contributed by atoms with Crippen LogP contribution in [0.5, 0.6) is 0 Å². The molecule has 3 aromatic rings. The van der Waals surface area contributed by atoms with Crippen molar-refractivity contribution in [2.24, 2.45) is 59.2 Å². The molecular weight excluding hydrogens is 1030 g/mol. The zero-order valence-corrected chi connectivity index (χ0v) is 45.4. The molecule has 8 amide bonds. The molecule has 0 radical (unpaired) electrons. The van der Waals surface area contributed by atoms with Crippen LogP contribution in [0.2, 0.25) is 0 Å². The van der Waals surface area contributed by atoms with Crippen LogP contribution in [-0.4, -0.2) is 145 Å². The van der Waals surface area contributed by atoms with Gasteiger partial charge in [0, 0.05) is 39.6 Å². The van der Waals surface area contributed by atoms with Crippen molar-refractivity contribution in [2.45, 2.75) is 83.8 Å². The molecule has 10 rings (SSSR count). The third-order valence-electron chi connectivity index (χ3n) is 16.0. The lowest BCUT2D eigenvalue weighted by molar-refractivity contribution is -0.142. The second kappa shape index (κ2) is 32.0. The van der Waals surface area contributed by atoms with Crippen LogP contribution in [-0.2, 0) is 58.0 Å². The van der Waals surface area contributed by atoms with Crippen LogP contribution in [0.25, 0.3) is 0 Å². The highest BCUT2D eigenvalue weighted by molar-refractivity contribution is 6.07. The zero-order valence-electron chi connectivity index (χ0n) is 45.4. The monoisotopic (exact) mass is 1110 g/mol. The Morgan fingerprint density at radius 1 is 0.350 bits per heavy atom. The Kier molecular flexibility index (Phi) is 25.1. The minimum atomic E-state index is -0.511. The van der Waals surface area contributed by atoms with E-state index in [1.54, 1.807) is 0 Å². The summed E-state index contributed by atoms with van der Waals surface area (Å²) in [6.07, 6.45) is 13.6. The number of imide groups is 4. The molecule has 80 heavy (non-hydrogen) atoms. The first kappa shape index (κ1) is 62.6. The number of hydrogen-bond acceptors (Lipinski definition) is 15. The molecule has 5 aliphatic heterocycles. The van der Waals surface area contributed by atoms with Gasteiger partial charge in [-0.1, -0.05) is 115 Å². The quantitative estimate of drug-likeness (QED) is 0.0671. The van der Waals surface area contributed by atoms with Crippen LogP contribution in [0.1, 0.15) is 80.9 Å². The highest BCUT2D eigenvalue weighted by atomic mass is 16.3. The molecule has 5 saturated heterocycles. The summed E-state index contributed by atoms with van der Waals surface area (Å²) in [7, 11) is 0. The van der Waals surface area contributed by atoms with Crippen molar-refractivity contribution in [1.82, 2.24) is 25.3 Å². The minimum Gasteiger partial charge on any atom is -0.396 e. The Morgan fingerprint density at radius 2 is 0.613 bits per heavy atom. The average molecular weight is 1110 g/mol. The zero-order chi connectivity index (χ0) is 57.6. The van der Waals surface area contributed by atoms with Crippen molar-refractivity contribution < 1.29 is 69.0 Å². The summed E-state index contributed by atoms with van der Waals surface area (Å²) in [5.74, 6) is -2.45. The Labute approximate surface area is 467 Å². The lowest BCUT2D eigenvalue weighted by Gasteiger charge is -2.15. The summed E-state index contributed by atoms with van der Waals surface area (Å²) >= 11 is 0. The molecular formula is C61H79N5O14. The van der Waals surface area contributed by atoms with Gasteiger partial charge in [0.2, 0.25) is 47.3 Å². The predicted octanol–water partition coefficient (Wildman–Crippen LogP) is 3.06. The first-order chi connectivity index (χ1) is 38.8. The van der Waals surface area contributed by atoms with E-state index in [1.165, 1.54) is 14.7 Å². The Bertz CT molecular complexity index is 2380. The van der Waals surface area contributed by atoms with Crippen molar-refractivity contribution in [3.8, 4) is 0 Å². The molecule has 5 fully saturated rings. The summed E-state index contributed by atoms with van der Waals surface area (Å²) in [5, 5.41) is 59.2. The fourth-order valence-electron chi connectivity index (χ4n) is 11.7. The first-order valence-corrected chi connectivity index (χ1v) is 28.0. The molecule has 0 bridgehead atoms. The van der Waals surface area contributed by atoms with Gasteiger partial charge in [-0.05, 0) is 106 Å². The number of carbonyl (C=O) groups excluding carboxylic acids is 8. The minimum absolute atomic E-state index is 0.00166. The van der Waals surface area contributed by atoms with Gasteiger partial charge in [0.25, 0.3) is 0 Å². The predicted molar refractivity (Wildman–Crippen MR) is 294 cm³/mol. The van der Waals surface area contributed by atoms with Gasteiger partial charge in [-0.3, -0.25) is 58.4 Å². The highest BCUT2D eigenvalue weighted by Crippen LogP contribution is 2.37. The lowest BCUT2D eigenvalue weighted by Crippen LogP contribution is -2.30. The number of amides is 8. The van der Waals surface area contributed by atoms with Gasteiger partial charge in [-0.25, -0.2) is 0 Å². The van der Waals surface area contributed by atoms with Gasteiger partial charge in [-0.15, -0.1) is 0 Å². The van der Waals surface area contributed by atoms with Gasteiger partial charge in [0.15, 0.2) is 0 Å². The summed E-state index contributed by atoms with van der Waals surface area (Å²) in [6, 6.07) is 28.3. The van der Waals surface area contributed by atoms with E-state index in [2.05, 4.69) is 10.6 Å². The smallest absolute Gasteiger partial charge is 0.233 e. The molecule has 19 nitrogen and oxygen atoms in total. The van der Waals surface area contributed by atoms with E-state index in [1.807, 2.05) is 115 Å². The van der Waals surface area contributed by atoms with Crippen molar-refractivity contribution in [3.63, 3.8) is 0 Å². The maximum absolute atomic E-state index is 12.3. The first-order valence-electron chi connectivity index (χ1n) is 28.0. The van der Waals surface area contributed by atoms with Crippen molar-refractivity contribution in [2.75, 3.05) is 52.7 Å². The molecule has 7 aliphatic rings. The standard InChI is InChI=1S/2C15H19NO4.C15H15NO2.C8H9NO2.C8H17NO2/c2*17-8-6-12-13(7-9-18)15(20)16(14(12)19)10-11-4-2-1-3-5-11;17-14-12-8-4-5-9-13(12)15(18)16(14)10-11-6-2-1-3-7-11;10-7-5-3-1-2-4-6(5)8(11)9-7;10-3-1-7-5-9-6-8(7)2-4-11/h2*1-5,12-13,17-18H,6-10H2;1-7,12-13H,8-10H2;1-2,5-6H,3-4H2,(H,9,10,11);7-11H,1-6H2/t2*12-,13-;12-,13+;5-,6+;7-,8-/m11..0/s1. The van der Waals surface area contributed by atoms with E-state index < -0.39 is 23.7 Å². The van der Waals surface area contributed by atoms with Crippen LogP contribution in [0, 0.1) is 59.2 Å². The maximum Gasteiger partial charge on any atom is 0.233 e. The number of benzene rings is 3. The van der Waals surface area contributed by atoms with Crippen LogP contribution >= 0.6 is 0 Å². The number of carbonyl (C=O) groups is 8. The van der Waals surface area contributed by atoms with Crippen molar-refractivity contribution >= 4 is 47.3 Å². The average Bonchev–Trinajstić information content (AvgIpc) is 4.28. The van der Waals surface area contributed by atoms with Crippen LogP contribution in [0.3, 0.4) is 0 Å². The molecule has 432 valence electrons. The van der Waals surface area contributed by atoms with Crippen LogP contribution in [0.4, 0.5) is 0 Å². The largest absolute Gasteiger partial charge is 0.396 e. The number of aliphatic hydroxyl groups is 6. The van der Waals surface area contributed by atoms with E-state index in [0.29, 0.717) is 31.2 Å². The molecule has 0 unspecified atom stereocenters. The van der Waals surface area contributed by atoms with E-state index in [0.717, 1.165) is 55.5 Å². The summed E-state index contributed by atoms with van der Waals surface area (Å²) in [6.45, 7) is 2.93. The SMILES string of the molecule is O=C1NC(=O)[C@@H]2CC=CC[C@H]12.O=C1[C@H](CCO)[C@@H](CCO)C(=O)N1Cc1ccccc1.O=C1[C@H](CCO)[C@@H](CCO)C(=O)N1Cc1ccccc1.O=C1[C@H]2CC=CC[C@H]2C(=O)N1Cc1ccccc1.OCC[C@H]1CNC[C@@H]1CCO. The number of nitrogens with one attached hydrogen (secondary N) is 2. The fraction of sp³-hybridized carbons (Fsp3) is 0.508. The van der Waals surface area contributed by atoms with E-state index >= 15 is 0 Å². The number of fused-ring (bicyclic) bond motifs is 2. The highest BCUT2D eigenvalue weighted by Gasteiger charge is 2.49. The molecule has 0 aromatic heterocycles. The van der Waals surface area contributed by atoms with Crippen LogP contribution in [0.15, 0.2) is 115 Å². The molecule has 2 aliphatic carbocycles. The van der Waals surface area contributed by atoms with Gasteiger partial charge in [-0.2, -0.15) is 0 Å². The molecule has 5 heterocycles. The second-order valence-electron chi connectivity index (χ2n) is 21.1. The summed E-state index contributed by atoms with van der Waals surface area (Å²) < 4.78 is 0. The third kappa shape index (κ3) is 16.3. The molecule has 0 saturated carbocycles. The maximum atomic E-state index is 12.3. The normalized spacial score (nSPS) is 26.4. The fourth-order valence-corrected chi connectivity index (χ4v) is 11.7. The van der Waals surface area contributed by atoms with Crippen molar-refractivity contribution in [3.05, 3.63) is 132 Å². The number of likely N-dealkylation sites (tertiary alicyclic amines) is 3. The number of hydrogen-bond donors (Lipinski definition) is 8. The molecule has 10 atom stereocenters. The number of rotatable bonds is 18. The number of aliphatic hydroxyl groups excluding tert-OH is 6. The van der Waals surface area contributed by atoms with Crippen molar-refractivity contribution in [1.29, 1.82) is 0 Å². The van der Waals surface area contributed by atoms with Gasteiger partial charge in [0.1, 0.15) is 0 Å². The van der Waals surface area contributed by atoms with Gasteiger partial charge in [0.05, 0.1) is 67.0 Å². The van der Waals surface area contributed by atoms with E-state index in [9.17, 15) is 38.4 Å². The molecule has 0 spiro atoms. The summed E-state index contributed by atoms with van der Waals surface area (Å²) in [5.41, 5.74) is 2.79. The lowest BCUT2D eigenvalue weighted by atomic mass is 9.85. The molecule has 8 N–H and O–H groups in total.